The standard InChI is InChI=1S/C8H11ClN2O/c1-5(2)6-4-7(8(9)12)11(3)10-6/h4-5H,1-3H3. The van der Waals surface area contributed by atoms with Crippen LogP contribution in [-0.2, 0) is 7.05 Å². The van der Waals surface area contributed by atoms with Gasteiger partial charge in [0.2, 0.25) is 0 Å². The molecule has 0 saturated carbocycles. The average Bonchev–Trinajstić information content (AvgIpc) is 2.30. The largest absolute Gasteiger partial charge is 0.274 e. The molecule has 1 heterocycles. The third-order valence-electron chi connectivity index (χ3n) is 1.69. The second kappa shape index (κ2) is 3.27. The minimum absolute atomic E-state index is 0.320. The second-order valence-electron chi connectivity index (χ2n) is 3.01. The van der Waals surface area contributed by atoms with E-state index in [9.17, 15) is 4.79 Å². The van der Waals surface area contributed by atoms with Gasteiger partial charge in [-0.2, -0.15) is 5.10 Å². The average molecular weight is 187 g/mol. The Morgan fingerprint density at radius 2 is 2.25 bits per heavy atom. The molecule has 0 spiro atoms. The molecule has 0 radical (unpaired) electrons. The molecule has 0 aliphatic carbocycles. The van der Waals surface area contributed by atoms with Gasteiger partial charge in [-0.15, -0.1) is 0 Å². The number of carbonyl (C=O) groups is 1. The molecule has 4 heteroatoms. The predicted octanol–water partition coefficient (Wildman–Crippen LogP) is 1.92. The summed E-state index contributed by atoms with van der Waals surface area (Å²) < 4.78 is 1.50. The summed E-state index contributed by atoms with van der Waals surface area (Å²) >= 11 is 5.33. The lowest BCUT2D eigenvalue weighted by Crippen LogP contribution is -2.00. The van der Waals surface area contributed by atoms with E-state index in [1.165, 1.54) is 4.68 Å². The quantitative estimate of drug-likeness (QED) is 0.662. The summed E-state index contributed by atoms with van der Waals surface area (Å²) in [6.07, 6.45) is 0. The Morgan fingerprint density at radius 3 is 2.50 bits per heavy atom. The summed E-state index contributed by atoms with van der Waals surface area (Å²) in [7, 11) is 1.71. The van der Waals surface area contributed by atoms with Crippen LogP contribution >= 0.6 is 11.6 Å². The third-order valence-corrected chi connectivity index (χ3v) is 1.89. The van der Waals surface area contributed by atoms with Crippen molar-refractivity contribution in [3.05, 3.63) is 17.5 Å². The summed E-state index contributed by atoms with van der Waals surface area (Å²) in [5.74, 6) is 0.320. The fourth-order valence-electron chi connectivity index (χ4n) is 0.956. The fraction of sp³-hybridized carbons (Fsp3) is 0.500. The Balaban J connectivity index is 3.09. The first-order chi connectivity index (χ1) is 5.52. The fourth-order valence-corrected chi connectivity index (χ4v) is 1.13. The van der Waals surface area contributed by atoms with Gasteiger partial charge in [0.1, 0.15) is 5.69 Å². The SMILES string of the molecule is CC(C)c1cc(C(=O)Cl)n(C)n1. The van der Waals surface area contributed by atoms with Crippen molar-refractivity contribution in [1.82, 2.24) is 9.78 Å². The molecule has 0 saturated heterocycles. The highest BCUT2D eigenvalue weighted by Gasteiger charge is 2.12. The molecule has 0 bridgehead atoms. The van der Waals surface area contributed by atoms with Gasteiger partial charge >= 0.3 is 0 Å². The van der Waals surface area contributed by atoms with Gasteiger partial charge in [0.15, 0.2) is 0 Å². The summed E-state index contributed by atoms with van der Waals surface area (Å²) in [4.78, 5) is 10.8. The lowest BCUT2D eigenvalue weighted by Gasteiger charge is -1.95. The van der Waals surface area contributed by atoms with Crippen LogP contribution in [0.25, 0.3) is 0 Å². The van der Waals surface area contributed by atoms with Gasteiger partial charge in [-0.1, -0.05) is 13.8 Å². The van der Waals surface area contributed by atoms with Crippen molar-refractivity contribution in [2.45, 2.75) is 19.8 Å². The van der Waals surface area contributed by atoms with Gasteiger partial charge in [-0.25, -0.2) is 0 Å². The normalized spacial score (nSPS) is 10.8. The van der Waals surface area contributed by atoms with Crippen LogP contribution in [0.1, 0.15) is 35.9 Å². The highest BCUT2D eigenvalue weighted by molar-refractivity contribution is 6.67. The van der Waals surface area contributed by atoms with E-state index >= 15 is 0 Å². The first-order valence-electron chi connectivity index (χ1n) is 3.76. The van der Waals surface area contributed by atoms with E-state index in [0.29, 0.717) is 11.6 Å². The Kier molecular flexibility index (Phi) is 2.52. The van der Waals surface area contributed by atoms with Gasteiger partial charge in [-0.05, 0) is 23.6 Å². The number of halogens is 1. The van der Waals surface area contributed by atoms with Crippen LogP contribution < -0.4 is 0 Å². The van der Waals surface area contributed by atoms with E-state index in [-0.39, 0.29) is 0 Å². The van der Waals surface area contributed by atoms with Crippen molar-refractivity contribution < 1.29 is 4.79 Å². The zero-order valence-electron chi connectivity index (χ0n) is 7.34. The molecule has 1 aromatic rings. The highest BCUT2D eigenvalue weighted by atomic mass is 35.5. The van der Waals surface area contributed by atoms with Crippen LogP contribution in [0.4, 0.5) is 0 Å². The number of aryl methyl sites for hydroxylation is 1. The van der Waals surface area contributed by atoms with Crippen LogP contribution in [0, 0.1) is 0 Å². The summed E-state index contributed by atoms with van der Waals surface area (Å²) in [5, 5.41) is 3.68. The van der Waals surface area contributed by atoms with Crippen LogP contribution in [0.5, 0.6) is 0 Å². The molecule has 3 nitrogen and oxygen atoms in total. The molecule has 0 aliphatic heterocycles. The number of aromatic nitrogens is 2. The maximum atomic E-state index is 10.8. The Labute approximate surface area is 76.3 Å². The zero-order chi connectivity index (χ0) is 9.30. The molecular weight excluding hydrogens is 176 g/mol. The number of hydrogen-bond acceptors (Lipinski definition) is 2. The van der Waals surface area contributed by atoms with Crippen molar-refractivity contribution in [2.75, 3.05) is 0 Å². The van der Waals surface area contributed by atoms with Crippen molar-refractivity contribution >= 4 is 16.8 Å². The maximum Gasteiger partial charge on any atom is 0.270 e. The van der Waals surface area contributed by atoms with Crippen molar-refractivity contribution in [3.8, 4) is 0 Å². The summed E-state index contributed by atoms with van der Waals surface area (Å²) in [5.41, 5.74) is 1.34. The van der Waals surface area contributed by atoms with E-state index in [2.05, 4.69) is 5.10 Å². The lowest BCUT2D eigenvalue weighted by molar-refractivity contribution is 0.107. The third kappa shape index (κ3) is 1.67. The van der Waals surface area contributed by atoms with Gasteiger partial charge in [0.25, 0.3) is 5.24 Å². The second-order valence-corrected chi connectivity index (χ2v) is 3.35. The van der Waals surface area contributed by atoms with E-state index in [0.717, 1.165) is 5.69 Å². The number of carbonyl (C=O) groups excluding carboxylic acids is 1. The molecule has 1 aromatic heterocycles. The molecule has 0 N–H and O–H groups in total. The summed E-state index contributed by atoms with van der Waals surface area (Å²) in [6, 6.07) is 1.72. The van der Waals surface area contributed by atoms with E-state index in [1.54, 1.807) is 13.1 Å². The molecule has 0 atom stereocenters. The molecule has 66 valence electrons. The van der Waals surface area contributed by atoms with E-state index in [1.807, 2.05) is 13.8 Å². The molecule has 12 heavy (non-hydrogen) atoms. The molecule has 0 aromatic carbocycles. The minimum atomic E-state index is -0.461. The minimum Gasteiger partial charge on any atom is -0.274 e. The van der Waals surface area contributed by atoms with Crippen molar-refractivity contribution in [1.29, 1.82) is 0 Å². The summed E-state index contributed by atoms with van der Waals surface area (Å²) in [6.45, 7) is 4.04. The lowest BCUT2D eigenvalue weighted by atomic mass is 10.1. The molecule has 1 rings (SSSR count). The van der Waals surface area contributed by atoms with Crippen molar-refractivity contribution in [3.63, 3.8) is 0 Å². The predicted molar refractivity (Wildman–Crippen MR) is 47.5 cm³/mol. The van der Waals surface area contributed by atoms with Gasteiger partial charge in [-0.3, -0.25) is 9.48 Å². The van der Waals surface area contributed by atoms with E-state index < -0.39 is 5.24 Å². The Bertz CT molecular complexity index is 304. The maximum absolute atomic E-state index is 10.8. The molecule has 0 fully saturated rings. The van der Waals surface area contributed by atoms with Crippen LogP contribution in [0.2, 0.25) is 0 Å². The smallest absolute Gasteiger partial charge is 0.270 e. The molecular formula is C8H11ClN2O. The first-order valence-corrected chi connectivity index (χ1v) is 4.14. The number of hydrogen-bond donors (Lipinski definition) is 0. The van der Waals surface area contributed by atoms with Gasteiger partial charge < -0.3 is 0 Å². The Hall–Kier alpha value is -0.830. The topological polar surface area (TPSA) is 34.9 Å². The van der Waals surface area contributed by atoms with Crippen LogP contribution in [0.3, 0.4) is 0 Å². The van der Waals surface area contributed by atoms with Crippen molar-refractivity contribution in [2.24, 2.45) is 7.05 Å². The highest BCUT2D eigenvalue weighted by Crippen LogP contribution is 2.14. The van der Waals surface area contributed by atoms with Crippen LogP contribution in [-0.4, -0.2) is 15.0 Å². The first kappa shape index (κ1) is 9.26. The zero-order valence-corrected chi connectivity index (χ0v) is 8.09. The molecule has 0 aliphatic rings. The van der Waals surface area contributed by atoms with Crippen LogP contribution in [0.15, 0.2) is 6.07 Å². The molecule has 0 unspecified atom stereocenters. The molecule has 0 amide bonds. The van der Waals surface area contributed by atoms with Gasteiger partial charge in [0, 0.05) is 7.05 Å². The Morgan fingerprint density at radius 1 is 1.67 bits per heavy atom. The van der Waals surface area contributed by atoms with Gasteiger partial charge in [0.05, 0.1) is 5.69 Å². The number of nitrogens with zero attached hydrogens (tertiary/aromatic N) is 2. The number of rotatable bonds is 2. The monoisotopic (exact) mass is 186 g/mol. The van der Waals surface area contributed by atoms with E-state index in [4.69, 9.17) is 11.6 Å².